The molecule has 1 atom stereocenters. The van der Waals surface area contributed by atoms with Crippen LogP contribution in [0.2, 0.25) is 0 Å². The second-order valence-corrected chi connectivity index (χ2v) is 5.75. The summed E-state index contributed by atoms with van der Waals surface area (Å²) in [5.74, 6) is 0. The zero-order chi connectivity index (χ0) is 14.2. The number of carbonyl (C=O) groups is 1. The Morgan fingerprint density at radius 3 is 2.11 bits per heavy atom. The smallest absolute Gasteiger partial charge is 0.341 e. The molecule has 1 N–H and O–H groups in total. The van der Waals surface area contributed by atoms with Crippen molar-refractivity contribution in [2.75, 3.05) is 60.7 Å². The second kappa shape index (κ2) is 8.41. The lowest BCUT2D eigenvalue weighted by Crippen LogP contribution is -2.48. The molecule has 1 fully saturated rings. The van der Waals surface area contributed by atoms with Gasteiger partial charge in [0.25, 0.3) is 0 Å². The Bertz CT molecular complexity index is 276. The van der Waals surface area contributed by atoms with E-state index in [1.54, 1.807) is 14.1 Å². The summed E-state index contributed by atoms with van der Waals surface area (Å²) in [7, 11) is 7.58. The summed E-state index contributed by atoms with van der Waals surface area (Å²) < 4.78 is 20.8. The molecule has 1 saturated heterocycles. The number of likely N-dealkylation sites (N-methyl/N-ethyl adjacent to an activating group) is 1. The number of quaternary nitrogens is 1. The van der Waals surface area contributed by atoms with Crippen LogP contribution in [0.5, 0.6) is 0 Å². The van der Waals surface area contributed by atoms with Crippen molar-refractivity contribution in [2.24, 2.45) is 0 Å². The van der Waals surface area contributed by atoms with Crippen LogP contribution in [0.4, 0.5) is 4.79 Å². The Hall–Kier alpha value is -0.700. The van der Waals surface area contributed by atoms with E-state index < -0.39 is 17.1 Å². The van der Waals surface area contributed by atoms with Gasteiger partial charge in [0, 0.05) is 20.4 Å². The molecule has 0 aliphatic carbocycles. The predicted molar refractivity (Wildman–Crippen MR) is 70.0 cm³/mol. The first kappa shape index (κ1) is 17.3. The third kappa shape index (κ3) is 9.34. The molecule has 0 radical (unpaired) electrons. The predicted octanol–water partition coefficient (Wildman–Crippen LogP) is -0.424. The van der Waals surface area contributed by atoms with E-state index in [2.05, 4.69) is 18.4 Å². The quantitative estimate of drug-likeness (QED) is 0.551. The molecule has 1 aliphatic heterocycles. The summed E-state index contributed by atoms with van der Waals surface area (Å²) >= 11 is -1.46. The number of hydrogen-bond donors (Lipinski definition) is 1. The molecule has 0 aromatic heterocycles. The molecule has 0 aromatic carbocycles. The van der Waals surface area contributed by atoms with E-state index in [1.165, 1.54) is 24.2 Å². The Kier molecular flexibility index (Phi) is 8.08. The average molecular weight is 282 g/mol. The third-order valence-electron chi connectivity index (χ3n) is 2.33. The number of nitrogens with one attached hydrogen (secondary N) is 1. The molecule has 2 amide bonds. The van der Waals surface area contributed by atoms with Gasteiger partial charge in [0.2, 0.25) is 0 Å². The average Bonchev–Trinajstić information content (AvgIpc) is 2.26. The summed E-state index contributed by atoms with van der Waals surface area (Å²) in [6, 6.07) is -0.435. The van der Waals surface area contributed by atoms with Crippen LogP contribution < -0.4 is 5.48 Å². The molecule has 1 unspecified atom stereocenters. The lowest BCUT2D eigenvalue weighted by Gasteiger charge is -2.33. The number of morpholine rings is 1. The lowest BCUT2D eigenvalue weighted by molar-refractivity contribution is -0.898. The molecule has 18 heavy (non-hydrogen) atoms. The van der Waals surface area contributed by atoms with Gasteiger partial charge in [-0.1, -0.05) is 0 Å². The van der Waals surface area contributed by atoms with Crippen molar-refractivity contribution in [1.29, 1.82) is 0 Å². The number of nitrogens with zero attached hydrogens (tertiary/aromatic N) is 2. The SMILES string of the molecule is CN(C)C(=O)NOS(C)=O.C[N+]1(C)CCOCC1. The number of amides is 2. The lowest BCUT2D eigenvalue weighted by atomic mass is 10.4. The molecule has 0 saturated carbocycles. The normalized spacial score (nSPS) is 19.2. The fourth-order valence-electron chi connectivity index (χ4n) is 1.02. The van der Waals surface area contributed by atoms with Gasteiger partial charge in [0.1, 0.15) is 13.1 Å². The number of urea groups is 1. The Labute approximate surface area is 111 Å². The van der Waals surface area contributed by atoms with E-state index in [9.17, 15) is 9.00 Å². The molecule has 8 heteroatoms. The van der Waals surface area contributed by atoms with Crippen molar-refractivity contribution in [3.05, 3.63) is 0 Å². The van der Waals surface area contributed by atoms with Crippen LogP contribution in [-0.2, 0) is 20.1 Å². The van der Waals surface area contributed by atoms with Crippen molar-refractivity contribution < 1.29 is 22.5 Å². The minimum Gasteiger partial charge on any atom is -0.370 e. The Balaban J connectivity index is 0.000000327. The minimum absolute atomic E-state index is 0.435. The summed E-state index contributed by atoms with van der Waals surface area (Å²) in [6.07, 6.45) is 1.32. The second-order valence-electron chi connectivity index (χ2n) is 4.78. The molecular formula is C10H24N3O4S+. The van der Waals surface area contributed by atoms with Crippen molar-refractivity contribution >= 4 is 17.1 Å². The van der Waals surface area contributed by atoms with Gasteiger partial charge >= 0.3 is 6.03 Å². The van der Waals surface area contributed by atoms with Gasteiger partial charge in [0.15, 0.2) is 11.1 Å². The van der Waals surface area contributed by atoms with Crippen LogP contribution in [0.1, 0.15) is 0 Å². The first-order valence-corrected chi connectivity index (χ1v) is 7.11. The van der Waals surface area contributed by atoms with Crippen molar-refractivity contribution in [3.8, 4) is 0 Å². The van der Waals surface area contributed by atoms with E-state index in [-0.39, 0.29) is 0 Å². The summed E-state index contributed by atoms with van der Waals surface area (Å²) in [6.45, 7) is 4.21. The van der Waals surface area contributed by atoms with Crippen molar-refractivity contribution in [2.45, 2.75) is 0 Å². The number of ether oxygens (including phenoxy) is 1. The minimum atomic E-state index is -1.46. The van der Waals surface area contributed by atoms with Gasteiger partial charge in [-0.05, 0) is 0 Å². The van der Waals surface area contributed by atoms with Gasteiger partial charge in [-0.15, -0.1) is 0 Å². The summed E-state index contributed by atoms with van der Waals surface area (Å²) in [4.78, 5) is 11.9. The maximum atomic E-state index is 10.6. The molecule has 1 heterocycles. The topological polar surface area (TPSA) is 67.9 Å². The first-order valence-electron chi connectivity index (χ1n) is 5.62. The third-order valence-corrected chi connectivity index (χ3v) is 2.65. The van der Waals surface area contributed by atoms with Gasteiger partial charge in [0.05, 0.1) is 27.3 Å². The van der Waals surface area contributed by atoms with E-state index in [0.717, 1.165) is 17.7 Å². The number of rotatable bonds is 2. The largest absolute Gasteiger partial charge is 0.370 e. The summed E-state index contributed by atoms with van der Waals surface area (Å²) in [5, 5.41) is 0. The van der Waals surface area contributed by atoms with Crippen LogP contribution in [-0.4, -0.2) is 80.4 Å². The number of hydrogen-bond acceptors (Lipinski definition) is 4. The molecular weight excluding hydrogens is 258 g/mol. The zero-order valence-corrected chi connectivity index (χ0v) is 12.6. The van der Waals surface area contributed by atoms with E-state index in [4.69, 9.17) is 4.74 Å². The highest BCUT2D eigenvalue weighted by Gasteiger charge is 2.18. The number of hydroxylamine groups is 1. The maximum absolute atomic E-state index is 10.6. The molecule has 7 nitrogen and oxygen atoms in total. The van der Waals surface area contributed by atoms with Crippen LogP contribution >= 0.6 is 0 Å². The maximum Gasteiger partial charge on any atom is 0.341 e. The van der Waals surface area contributed by atoms with E-state index >= 15 is 0 Å². The molecule has 0 aromatic rings. The number of carbonyl (C=O) groups excluding carboxylic acids is 1. The van der Waals surface area contributed by atoms with Crippen molar-refractivity contribution in [1.82, 2.24) is 10.4 Å². The van der Waals surface area contributed by atoms with E-state index in [0.29, 0.717) is 0 Å². The molecule has 0 spiro atoms. The Morgan fingerprint density at radius 1 is 1.33 bits per heavy atom. The highest BCUT2D eigenvalue weighted by atomic mass is 32.2. The van der Waals surface area contributed by atoms with E-state index in [1.807, 2.05) is 5.48 Å². The highest BCUT2D eigenvalue weighted by Crippen LogP contribution is 2.01. The molecule has 1 aliphatic rings. The van der Waals surface area contributed by atoms with Crippen LogP contribution in [0.15, 0.2) is 0 Å². The fourth-order valence-corrected chi connectivity index (χ4v) is 1.21. The first-order chi connectivity index (χ1) is 8.24. The van der Waals surface area contributed by atoms with Crippen LogP contribution in [0.3, 0.4) is 0 Å². The van der Waals surface area contributed by atoms with Gasteiger partial charge in [-0.3, -0.25) is 0 Å². The molecule has 0 bridgehead atoms. The Morgan fingerprint density at radius 2 is 1.83 bits per heavy atom. The van der Waals surface area contributed by atoms with Gasteiger partial charge in [-0.2, -0.15) is 4.28 Å². The zero-order valence-electron chi connectivity index (χ0n) is 11.8. The monoisotopic (exact) mass is 282 g/mol. The fraction of sp³-hybridized carbons (Fsp3) is 0.900. The van der Waals surface area contributed by atoms with Crippen LogP contribution in [0.25, 0.3) is 0 Å². The molecule has 108 valence electrons. The van der Waals surface area contributed by atoms with Crippen molar-refractivity contribution in [3.63, 3.8) is 0 Å². The summed E-state index contributed by atoms with van der Waals surface area (Å²) in [5.41, 5.74) is 1.97. The standard InChI is InChI=1S/C6H14NO.C4H10N2O3S/c1-7(2)3-5-8-6-4-7;1-6(2)4(7)5-9-10(3)8/h3-6H2,1-2H3;1-3H3,(H,5,7)/q+1;. The van der Waals surface area contributed by atoms with Crippen LogP contribution in [0, 0.1) is 0 Å². The van der Waals surface area contributed by atoms with Gasteiger partial charge in [-0.25, -0.2) is 14.5 Å². The van der Waals surface area contributed by atoms with Gasteiger partial charge < -0.3 is 14.1 Å². The molecule has 1 rings (SSSR count). The highest BCUT2D eigenvalue weighted by molar-refractivity contribution is 7.79.